The predicted molar refractivity (Wildman–Crippen MR) is 108 cm³/mol. The third-order valence-electron chi connectivity index (χ3n) is 4.95. The maximum atomic E-state index is 13.1. The first-order chi connectivity index (χ1) is 14.9. The van der Waals surface area contributed by atoms with Crippen molar-refractivity contribution in [2.24, 2.45) is 0 Å². The van der Waals surface area contributed by atoms with Crippen molar-refractivity contribution in [1.29, 1.82) is 0 Å². The lowest BCUT2D eigenvalue weighted by atomic mass is 10.1. The number of carbonyl (C=O) groups is 3. The number of nitrogens with zero attached hydrogens (tertiary/aromatic N) is 3. The van der Waals surface area contributed by atoms with E-state index in [1.807, 2.05) is 30.3 Å². The Bertz CT molecular complexity index is 1160. The molecule has 0 aliphatic carbocycles. The summed E-state index contributed by atoms with van der Waals surface area (Å²) in [6, 6.07) is 16.2. The number of amides is 3. The minimum absolute atomic E-state index is 0.0454. The van der Waals surface area contributed by atoms with Crippen LogP contribution in [0.4, 0.5) is 5.69 Å². The molecule has 1 aliphatic rings. The van der Waals surface area contributed by atoms with Crippen molar-refractivity contribution in [1.82, 2.24) is 9.80 Å². The number of fused-ring (bicyclic) bond motifs is 1. The summed E-state index contributed by atoms with van der Waals surface area (Å²) in [6.07, 6.45) is 1.50. The summed E-state index contributed by atoms with van der Waals surface area (Å²) in [7, 11) is 0. The number of hydrogen-bond acceptors (Lipinski definition) is 6. The van der Waals surface area contributed by atoms with Crippen molar-refractivity contribution < 1.29 is 23.7 Å². The molecule has 0 N–H and O–H groups in total. The molecule has 3 aromatic rings. The van der Waals surface area contributed by atoms with E-state index in [1.54, 1.807) is 12.1 Å². The fourth-order valence-electron chi connectivity index (χ4n) is 3.40. The van der Waals surface area contributed by atoms with Gasteiger partial charge in [-0.05, 0) is 23.8 Å². The van der Waals surface area contributed by atoms with E-state index in [0.29, 0.717) is 5.76 Å². The summed E-state index contributed by atoms with van der Waals surface area (Å²) in [5, 5.41) is 11.0. The quantitative estimate of drug-likeness (QED) is 0.330. The maximum absolute atomic E-state index is 13.1. The highest BCUT2D eigenvalue weighted by atomic mass is 16.6. The van der Waals surface area contributed by atoms with Gasteiger partial charge < -0.3 is 9.32 Å². The number of benzene rings is 2. The second-order valence-electron chi connectivity index (χ2n) is 7.00. The summed E-state index contributed by atoms with van der Waals surface area (Å²) in [5.41, 5.74) is 0.550. The van der Waals surface area contributed by atoms with Gasteiger partial charge in [0.2, 0.25) is 5.91 Å². The van der Waals surface area contributed by atoms with Gasteiger partial charge in [-0.3, -0.25) is 29.4 Å². The van der Waals surface area contributed by atoms with Gasteiger partial charge in [0.25, 0.3) is 17.5 Å². The van der Waals surface area contributed by atoms with E-state index in [0.717, 1.165) is 22.6 Å². The normalized spacial score (nSPS) is 12.7. The van der Waals surface area contributed by atoms with Crippen LogP contribution in [-0.4, -0.2) is 39.0 Å². The van der Waals surface area contributed by atoms with Gasteiger partial charge in [0.15, 0.2) is 0 Å². The number of nitro groups is 1. The molecule has 2 aromatic carbocycles. The Labute approximate surface area is 176 Å². The van der Waals surface area contributed by atoms with Gasteiger partial charge in [-0.1, -0.05) is 30.3 Å². The van der Waals surface area contributed by atoms with Gasteiger partial charge in [0, 0.05) is 18.7 Å². The number of non-ortho nitro benzene ring substituents is 1. The lowest BCUT2D eigenvalue weighted by Crippen LogP contribution is -2.42. The Morgan fingerprint density at radius 2 is 1.71 bits per heavy atom. The molecule has 0 saturated carbocycles. The van der Waals surface area contributed by atoms with Gasteiger partial charge >= 0.3 is 0 Å². The lowest BCUT2D eigenvalue weighted by molar-refractivity contribution is -0.384. The zero-order valence-corrected chi connectivity index (χ0v) is 16.3. The first-order valence-corrected chi connectivity index (χ1v) is 9.43. The minimum Gasteiger partial charge on any atom is -0.467 e. The molecule has 3 amide bonds. The SMILES string of the molecule is O=C(CN1C(=O)c2ccc([N+](=O)[O-])cc2C1=O)N(Cc1ccccc1)Cc1ccco1. The smallest absolute Gasteiger partial charge is 0.270 e. The largest absolute Gasteiger partial charge is 0.467 e. The summed E-state index contributed by atoms with van der Waals surface area (Å²) < 4.78 is 5.35. The fourth-order valence-corrected chi connectivity index (χ4v) is 3.40. The van der Waals surface area contributed by atoms with Crippen LogP contribution in [0.15, 0.2) is 71.3 Å². The van der Waals surface area contributed by atoms with Gasteiger partial charge in [-0.15, -0.1) is 0 Å². The maximum Gasteiger partial charge on any atom is 0.270 e. The molecule has 0 fully saturated rings. The Kier molecular flexibility index (Phi) is 5.31. The summed E-state index contributed by atoms with van der Waals surface area (Å²) in [4.78, 5) is 51.1. The van der Waals surface area contributed by atoms with E-state index in [4.69, 9.17) is 4.42 Å². The van der Waals surface area contributed by atoms with Gasteiger partial charge in [0.1, 0.15) is 12.3 Å². The summed E-state index contributed by atoms with van der Waals surface area (Å²) in [5.74, 6) is -1.28. The molecule has 0 spiro atoms. The molecule has 9 heteroatoms. The molecule has 1 aromatic heterocycles. The van der Waals surface area contributed by atoms with Crippen LogP contribution in [0.5, 0.6) is 0 Å². The molecule has 0 unspecified atom stereocenters. The summed E-state index contributed by atoms with van der Waals surface area (Å²) >= 11 is 0. The van der Waals surface area contributed by atoms with E-state index < -0.39 is 29.2 Å². The molecule has 0 radical (unpaired) electrons. The standard InChI is InChI=1S/C22H17N3O6/c26-20(23(13-17-7-4-10-31-17)12-15-5-2-1-3-6-15)14-24-21(27)18-9-8-16(25(29)30)11-19(18)22(24)28/h1-11H,12-14H2. The molecule has 1 aliphatic heterocycles. The van der Waals surface area contributed by atoms with Crippen molar-refractivity contribution in [2.45, 2.75) is 13.1 Å². The Hall–Kier alpha value is -4.27. The highest BCUT2D eigenvalue weighted by molar-refractivity contribution is 6.22. The third-order valence-corrected chi connectivity index (χ3v) is 4.95. The van der Waals surface area contributed by atoms with Crippen LogP contribution < -0.4 is 0 Å². The highest BCUT2D eigenvalue weighted by Gasteiger charge is 2.38. The van der Waals surface area contributed by atoms with E-state index in [2.05, 4.69) is 0 Å². The molecule has 9 nitrogen and oxygen atoms in total. The molecule has 156 valence electrons. The molecule has 0 atom stereocenters. The molecule has 31 heavy (non-hydrogen) atoms. The second-order valence-corrected chi connectivity index (χ2v) is 7.00. The molecule has 2 heterocycles. The van der Waals surface area contributed by atoms with E-state index in [-0.39, 0.29) is 29.9 Å². The average molecular weight is 419 g/mol. The lowest BCUT2D eigenvalue weighted by Gasteiger charge is -2.24. The van der Waals surface area contributed by atoms with E-state index >= 15 is 0 Å². The van der Waals surface area contributed by atoms with Crippen molar-refractivity contribution in [3.05, 3.63) is 99.5 Å². The van der Waals surface area contributed by atoms with Gasteiger partial charge in [0.05, 0.1) is 28.9 Å². The average Bonchev–Trinajstić information content (AvgIpc) is 3.36. The van der Waals surface area contributed by atoms with Crippen molar-refractivity contribution in [3.8, 4) is 0 Å². The summed E-state index contributed by atoms with van der Waals surface area (Å²) in [6.45, 7) is -0.0575. The molecule has 4 rings (SSSR count). The number of hydrogen-bond donors (Lipinski definition) is 0. The van der Waals surface area contributed by atoms with Crippen LogP contribution >= 0.6 is 0 Å². The van der Waals surface area contributed by atoms with Crippen LogP contribution in [0.1, 0.15) is 32.0 Å². The van der Waals surface area contributed by atoms with Crippen LogP contribution in [0, 0.1) is 10.1 Å². The van der Waals surface area contributed by atoms with Gasteiger partial charge in [-0.2, -0.15) is 0 Å². The van der Waals surface area contributed by atoms with E-state index in [1.165, 1.54) is 17.2 Å². The first-order valence-electron chi connectivity index (χ1n) is 9.43. The Morgan fingerprint density at radius 1 is 0.968 bits per heavy atom. The molecule has 0 saturated heterocycles. The minimum atomic E-state index is -0.727. The van der Waals surface area contributed by atoms with Gasteiger partial charge in [-0.25, -0.2) is 0 Å². The molecule has 0 bridgehead atoms. The van der Waals surface area contributed by atoms with Crippen LogP contribution in [0.2, 0.25) is 0 Å². The Balaban J connectivity index is 1.55. The van der Waals surface area contributed by atoms with Crippen LogP contribution in [-0.2, 0) is 17.9 Å². The zero-order valence-electron chi connectivity index (χ0n) is 16.3. The number of furan rings is 1. The highest BCUT2D eigenvalue weighted by Crippen LogP contribution is 2.27. The van der Waals surface area contributed by atoms with E-state index in [9.17, 15) is 24.5 Å². The first kappa shape index (κ1) is 20.0. The monoisotopic (exact) mass is 419 g/mol. The number of rotatable bonds is 7. The second kappa shape index (κ2) is 8.23. The molecular formula is C22H17N3O6. The third kappa shape index (κ3) is 4.06. The predicted octanol–water partition coefficient (Wildman–Crippen LogP) is 3.01. The number of nitro benzene ring substituents is 1. The van der Waals surface area contributed by atoms with Crippen molar-refractivity contribution >= 4 is 23.4 Å². The fraction of sp³-hybridized carbons (Fsp3) is 0.136. The Morgan fingerprint density at radius 3 is 2.39 bits per heavy atom. The topological polar surface area (TPSA) is 114 Å². The van der Waals surface area contributed by atoms with Crippen molar-refractivity contribution in [2.75, 3.05) is 6.54 Å². The number of carbonyl (C=O) groups excluding carboxylic acids is 3. The zero-order chi connectivity index (χ0) is 22.0. The van der Waals surface area contributed by atoms with Crippen LogP contribution in [0.25, 0.3) is 0 Å². The van der Waals surface area contributed by atoms with Crippen molar-refractivity contribution in [3.63, 3.8) is 0 Å². The number of imide groups is 1. The molecular weight excluding hydrogens is 402 g/mol. The van der Waals surface area contributed by atoms with Crippen LogP contribution in [0.3, 0.4) is 0 Å².